The summed E-state index contributed by atoms with van der Waals surface area (Å²) in [5.41, 5.74) is 0.738. The van der Waals surface area contributed by atoms with Gasteiger partial charge in [0, 0.05) is 6.07 Å². The fraction of sp³-hybridized carbons (Fsp3) is 0.300. The number of hydrogen-bond acceptors (Lipinski definition) is 4. The molecule has 26 heavy (non-hydrogen) atoms. The van der Waals surface area contributed by atoms with Crippen molar-refractivity contribution < 1.29 is 23.5 Å². The topological polar surface area (TPSA) is 64.6 Å². The molecule has 0 aromatic heterocycles. The molecule has 2 aromatic carbocycles. The molecule has 0 saturated heterocycles. The van der Waals surface area contributed by atoms with Crippen molar-refractivity contribution in [3.63, 3.8) is 0 Å². The number of rotatable bonds is 8. The first-order valence-electron chi connectivity index (χ1n) is 8.40. The Balaban J connectivity index is 1.93. The number of benzene rings is 2. The fourth-order valence-electron chi connectivity index (χ4n) is 2.53. The molecule has 6 heteroatoms. The van der Waals surface area contributed by atoms with Gasteiger partial charge in [-0.1, -0.05) is 43.7 Å². The predicted octanol–water partition coefficient (Wildman–Crippen LogP) is 3.65. The maximum absolute atomic E-state index is 13.9. The summed E-state index contributed by atoms with van der Waals surface area (Å²) in [6.07, 6.45) is 1.65. The highest BCUT2D eigenvalue weighted by atomic mass is 19.1. The second-order valence-corrected chi connectivity index (χ2v) is 5.74. The number of methoxy groups -OCH3 is 1. The quantitative estimate of drug-likeness (QED) is 0.731. The zero-order chi connectivity index (χ0) is 18.9. The minimum Gasteiger partial charge on any atom is -0.497 e. The Bertz CT molecular complexity index is 749. The van der Waals surface area contributed by atoms with Crippen LogP contribution < -0.4 is 10.1 Å². The van der Waals surface area contributed by atoms with Gasteiger partial charge in [0.25, 0.3) is 5.91 Å². The number of amides is 1. The van der Waals surface area contributed by atoms with Gasteiger partial charge in [-0.15, -0.1) is 0 Å². The van der Waals surface area contributed by atoms with Crippen molar-refractivity contribution >= 4 is 11.9 Å². The average molecular weight is 359 g/mol. The van der Waals surface area contributed by atoms with Gasteiger partial charge in [0.15, 0.2) is 6.61 Å². The molecule has 0 radical (unpaired) electrons. The second-order valence-electron chi connectivity index (χ2n) is 5.74. The third-order valence-corrected chi connectivity index (χ3v) is 3.85. The van der Waals surface area contributed by atoms with Crippen molar-refractivity contribution in [3.8, 4) is 5.75 Å². The van der Waals surface area contributed by atoms with Crippen LogP contribution in [0, 0.1) is 5.82 Å². The van der Waals surface area contributed by atoms with Crippen LogP contribution >= 0.6 is 0 Å². The summed E-state index contributed by atoms with van der Waals surface area (Å²) in [7, 11) is 1.40. The van der Waals surface area contributed by atoms with Crippen LogP contribution in [-0.2, 0) is 9.53 Å². The summed E-state index contributed by atoms with van der Waals surface area (Å²) in [4.78, 5) is 24.1. The molecule has 5 nitrogen and oxygen atoms in total. The summed E-state index contributed by atoms with van der Waals surface area (Å²) in [5, 5.41) is 2.84. The van der Waals surface area contributed by atoms with Crippen molar-refractivity contribution in [1.82, 2.24) is 5.32 Å². The number of halogens is 1. The lowest BCUT2D eigenvalue weighted by atomic mass is 10.0. The molecule has 0 saturated carbocycles. The highest BCUT2D eigenvalue weighted by Gasteiger charge is 2.18. The van der Waals surface area contributed by atoms with E-state index >= 15 is 0 Å². The largest absolute Gasteiger partial charge is 0.497 e. The zero-order valence-corrected chi connectivity index (χ0v) is 14.8. The summed E-state index contributed by atoms with van der Waals surface area (Å²) in [6.45, 7) is 1.55. The summed E-state index contributed by atoms with van der Waals surface area (Å²) < 4.78 is 23.7. The van der Waals surface area contributed by atoms with E-state index < -0.39 is 24.3 Å². The first kappa shape index (κ1) is 19.4. The Kier molecular flexibility index (Phi) is 7.14. The first-order valence-corrected chi connectivity index (χ1v) is 8.40. The minimum absolute atomic E-state index is 0.162. The smallest absolute Gasteiger partial charge is 0.341 e. The van der Waals surface area contributed by atoms with Crippen LogP contribution in [0.25, 0.3) is 0 Å². The van der Waals surface area contributed by atoms with Gasteiger partial charge in [-0.05, 0) is 24.1 Å². The van der Waals surface area contributed by atoms with E-state index in [1.165, 1.54) is 19.2 Å². The molecule has 0 spiro atoms. The van der Waals surface area contributed by atoms with Gasteiger partial charge in [0.2, 0.25) is 0 Å². The predicted molar refractivity (Wildman–Crippen MR) is 95.5 cm³/mol. The number of nitrogens with one attached hydrogen (secondary N) is 1. The number of hydrogen-bond donors (Lipinski definition) is 1. The Morgan fingerprint density at radius 1 is 1.15 bits per heavy atom. The molecule has 0 heterocycles. The molecule has 0 aliphatic heterocycles. The number of ether oxygens (including phenoxy) is 2. The molecule has 2 rings (SSSR count). The SMILES string of the molecule is CCC[C@H](NC(=O)COC(=O)c1ccc(OC)cc1F)c1ccccc1. The van der Waals surface area contributed by atoms with Crippen molar-refractivity contribution in [3.05, 3.63) is 65.5 Å². The van der Waals surface area contributed by atoms with Crippen LogP contribution in [-0.4, -0.2) is 25.6 Å². The van der Waals surface area contributed by atoms with Gasteiger partial charge in [0.1, 0.15) is 11.6 Å². The van der Waals surface area contributed by atoms with E-state index in [9.17, 15) is 14.0 Å². The third-order valence-electron chi connectivity index (χ3n) is 3.85. The zero-order valence-electron chi connectivity index (χ0n) is 14.8. The normalized spacial score (nSPS) is 11.5. The van der Waals surface area contributed by atoms with Crippen molar-refractivity contribution in [1.29, 1.82) is 0 Å². The molecule has 1 N–H and O–H groups in total. The van der Waals surface area contributed by atoms with Gasteiger partial charge in [-0.25, -0.2) is 9.18 Å². The molecular weight excluding hydrogens is 337 g/mol. The van der Waals surface area contributed by atoms with Crippen LogP contribution in [0.2, 0.25) is 0 Å². The number of esters is 1. The highest BCUT2D eigenvalue weighted by molar-refractivity contribution is 5.91. The van der Waals surface area contributed by atoms with E-state index in [1.54, 1.807) is 0 Å². The van der Waals surface area contributed by atoms with Crippen LogP contribution in [0.5, 0.6) is 5.75 Å². The van der Waals surface area contributed by atoms with Crippen LogP contribution in [0.1, 0.15) is 41.7 Å². The molecular formula is C20H22FNO4. The maximum atomic E-state index is 13.9. The van der Waals surface area contributed by atoms with Gasteiger partial charge >= 0.3 is 5.97 Å². The van der Waals surface area contributed by atoms with Crippen molar-refractivity contribution in [2.24, 2.45) is 0 Å². The molecule has 1 atom stereocenters. The van der Waals surface area contributed by atoms with Gasteiger partial charge in [-0.2, -0.15) is 0 Å². The van der Waals surface area contributed by atoms with Crippen LogP contribution in [0.4, 0.5) is 4.39 Å². The van der Waals surface area contributed by atoms with E-state index in [4.69, 9.17) is 9.47 Å². The molecule has 1 amide bonds. The summed E-state index contributed by atoms with van der Waals surface area (Å²) in [5.74, 6) is -1.80. The van der Waals surface area contributed by atoms with Gasteiger partial charge in [-0.3, -0.25) is 4.79 Å². The number of carbonyl (C=O) groups is 2. The van der Waals surface area contributed by atoms with E-state index in [0.29, 0.717) is 5.75 Å². The molecule has 0 aliphatic carbocycles. The third kappa shape index (κ3) is 5.31. The lowest BCUT2D eigenvalue weighted by molar-refractivity contribution is -0.125. The average Bonchev–Trinajstić information content (AvgIpc) is 2.66. The molecule has 0 fully saturated rings. The van der Waals surface area contributed by atoms with Gasteiger partial charge < -0.3 is 14.8 Å². The molecule has 0 unspecified atom stereocenters. The molecule has 0 bridgehead atoms. The molecule has 0 aliphatic rings. The van der Waals surface area contributed by atoms with Crippen LogP contribution in [0.15, 0.2) is 48.5 Å². The Labute approximate surface area is 152 Å². The lowest BCUT2D eigenvalue weighted by Crippen LogP contribution is -2.32. The second kappa shape index (κ2) is 9.56. The standard InChI is InChI=1S/C20H22FNO4/c1-3-7-18(14-8-5-4-6-9-14)22-19(23)13-26-20(24)16-11-10-15(25-2)12-17(16)21/h4-6,8-12,18H,3,7,13H2,1-2H3,(H,22,23)/t18-/m0/s1. The van der Waals surface area contributed by atoms with Gasteiger partial charge in [0.05, 0.1) is 18.7 Å². The van der Waals surface area contributed by atoms with E-state index in [2.05, 4.69) is 5.32 Å². The first-order chi connectivity index (χ1) is 12.5. The number of carbonyl (C=O) groups excluding carboxylic acids is 2. The minimum atomic E-state index is -0.896. The van der Waals surface area contributed by atoms with Crippen LogP contribution in [0.3, 0.4) is 0 Å². The molecule has 138 valence electrons. The van der Waals surface area contributed by atoms with E-state index in [-0.39, 0.29) is 11.6 Å². The Hall–Kier alpha value is -2.89. The maximum Gasteiger partial charge on any atom is 0.341 e. The fourth-order valence-corrected chi connectivity index (χ4v) is 2.53. The van der Waals surface area contributed by atoms with E-state index in [0.717, 1.165) is 24.5 Å². The van der Waals surface area contributed by atoms with Crippen molar-refractivity contribution in [2.75, 3.05) is 13.7 Å². The highest BCUT2D eigenvalue weighted by Crippen LogP contribution is 2.19. The summed E-state index contributed by atoms with van der Waals surface area (Å²) in [6, 6.07) is 13.2. The monoisotopic (exact) mass is 359 g/mol. The lowest BCUT2D eigenvalue weighted by Gasteiger charge is -2.18. The van der Waals surface area contributed by atoms with E-state index in [1.807, 2.05) is 37.3 Å². The van der Waals surface area contributed by atoms with Crippen molar-refractivity contribution in [2.45, 2.75) is 25.8 Å². The Morgan fingerprint density at radius 2 is 1.88 bits per heavy atom. The Morgan fingerprint density at radius 3 is 2.50 bits per heavy atom. The molecule has 2 aromatic rings. The summed E-state index contributed by atoms with van der Waals surface area (Å²) >= 11 is 0.